The fraction of sp³-hybridized carbons (Fsp3) is 0.158. The van der Waals surface area contributed by atoms with Crippen LogP contribution in [-0.4, -0.2) is 30.5 Å². The van der Waals surface area contributed by atoms with Gasteiger partial charge in [-0.1, -0.05) is 18.2 Å². The van der Waals surface area contributed by atoms with E-state index in [1.807, 2.05) is 72.2 Å². The first-order valence-electron chi connectivity index (χ1n) is 7.95. The van der Waals surface area contributed by atoms with E-state index < -0.39 is 0 Å². The van der Waals surface area contributed by atoms with Gasteiger partial charge in [-0.05, 0) is 41.8 Å². The van der Waals surface area contributed by atoms with Crippen LogP contribution in [0.3, 0.4) is 0 Å². The second kappa shape index (κ2) is 7.09. The van der Waals surface area contributed by atoms with Gasteiger partial charge in [0.25, 0.3) is 11.8 Å². The maximum Gasteiger partial charge on any atom is 0.269 e. The first kappa shape index (κ1) is 16.6. The van der Waals surface area contributed by atoms with Gasteiger partial charge in [-0.3, -0.25) is 20.4 Å². The lowest BCUT2D eigenvalue weighted by atomic mass is 10.2. The van der Waals surface area contributed by atoms with Crippen LogP contribution in [0.5, 0.6) is 0 Å². The Labute approximate surface area is 146 Å². The van der Waals surface area contributed by atoms with Crippen LogP contribution < -0.4 is 15.8 Å². The predicted octanol–water partition coefficient (Wildman–Crippen LogP) is 2.17. The first-order chi connectivity index (χ1) is 12.0. The highest BCUT2D eigenvalue weighted by Gasteiger charge is 2.09. The number of nitrogens with zero attached hydrogens (tertiary/aromatic N) is 2. The number of fused-ring (bicyclic) bond motifs is 1. The molecule has 0 saturated heterocycles. The highest BCUT2D eigenvalue weighted by molar-refractivity contribution is 5.95. The van der Waals surface area contributed by atoms with Gasteiger partial charge in [-0.15, -0.1) is 0 Å². The molecule has 6 nitrogen and oxygen atoms in total. The second-order valence-electron chi connectivity index (χ2n) is 5.95. The van der Waals surface area contributed by atoms with Crippen molar-refractivity contribution in [1.29, 1.82) is 0 Å². The van der Waals surface area contributed by atoms with Gasteiger partial charge >= 0.3 is 0 Å². The monoisotopic (exact) mass is 336 g/mol. The standard InChI is InChI=1S/C19H20N4O2/c1-22(2)16-9-7-15(8-10-16)19(25)21-20-18(24)13-23-12-11-14-5-3-4-6-17(14)23/h3-12H,13H2,1-2H3,(H,20,24)(H,21,25). The number of hydrogen-bond donors (Lipinski definition) is 2. The van der Waals surface area contributed by atoms with E-state index in [1.54, 1.807) is 12.1 Å². The quantitative estimate of drug-likeness (QED) is 0.718. The first-order valence-corrected chi connectivity index (χ1v) is 7.95. The van der Waals surface area contributed by atoms with Crippen molar-refractivity contribution in [2.75, 3.05) is 19.0 Å². The molecule has 3 aromatic rings. The normalized spacial score (nSPS) is 10.5. The minimum atomic E-state index is -0.351. The predicted molar refractivity (Wildman–Crippen MR) is 98.3 cm³/mol. The Balaban J connectivity index is 1.57. The zero-order valence-electron chi connectivity index (χ0n) is 14.2. The van der Waals surface area contributed by atoms with Crippen LogP contribution >= 0.6 is 0 Å². The van der Waals surface area contributed by atoms with Crippen molar-refractivity contribution in [2.24, 2.45) is 0 Å². The van der Waals surface area contributed by atoms with Gasteiger partial charge in [0.2, 0.25) is 0 Å². The Morgan fingerprint density at radius 2 is 1.68 bits per heavy atom. The number of para-hydroxylation sites is 1. The third kappa shape index (κ3) is 3.80. The Kier molecular flexibility index (Phi) is 4.70. The fourth-order valence-corrected chi connectivity index (χ4v) is 2.58. The molecule has 0 radical (unpaired) electrons. The molecule has 2 amide bonds. The molecule has 2 N–H and O–H groups in total. The molecule has 128 valence electrons. The molecule has 2 aromatic carbocycles. The lowest BCUT2D eigenvalue weighted by molar-refractivity contribution is -0.122. The molecule has 0 bridgehead atoms. The molecule has 0 spiro atoms. The Morgan fingerprint density at radius 3 is 2.40 bits per heavy atom. The van der Waals surface area contributed by atoms with Gasteiger partial charge in [0.05, 0.1) is 0 Å². The number of rotatable bonds is 4. The molecule has 0 aliphatic carbocycles. The zero-order chi connectivity index (χ0) is 17.8. The van der Waals surface area contributed by atoms with Crippen molar-refractivity contribution in [3.63, 3.8) is 0 Å². The molecule has 3 rings (SSSR count). The van der Waals surface area contributed by atoms with Crippen molar-refractivity contribution in [2.45, 2.75) is 6.54 Å². The minimum Gasteiger partial charge on any atom is -0.378 e. The summed E-state index contributed by atoms with van der Waals surface area (Å²) in [4.78, 5) is 26.1. The van der Waals surface area contributed by atoms with Crippen LogP contribution in [0.15, 0.2) is 60.8 Å². The van der Waals surface area contributed by atoms with E-state index in [2.05, 4.69) is 10.9 Å². The highest BCUT2D eigenvalue weighted by atomic mass is 16.2. The molecule has 0 aliphatic heterocycles. The summed E-state index contributed by atoms with van der Waals surface area (Å²) in [6, 6.07) is 16.9. The lowest BCUT2D eigenvalue weighted by Gasteiger charge is -2.13. The molecule has 0 unspecified atom stereocenters. The van der Waals surface area contributed by atoms with Crippen LogP contribution in [0.4, 0.5) is 5.69 Å². The van der Waals surface area contributed by atoms with Crippen LogP contribution in [0.25, 0.3) is 10.9 Å². The highest BCUT2D eigenvalue weighted by Crippen LogP contribution is 2.14. The maximum absolute atomic E-state index is 12.1. The Morgan fingerprint density at radius 1 is 0.960 bits per heavy atom. The molecule has 1 heterocycles. The van der Waals surface area contributed by atoms with Crippen molar-refractivity contribution < 1.29 is 9.59 Å². The molecule has 25 heavy (non-hydrogen) atoms. The summed E-state index contributed by atoms with van der Waals surface area (Å²) in [5.74, 6) is -0.643. The molecule has 0 saturated carbocycles. The summed E-state index contributed by atoms with van der Waals surface area (Å²) in [6.45, 7) is 0.132. The summed E-state index contributed by atoms with van der Waals surface area (Å²) in [5.41, 5.74) is 7.35. The SMILES string of the molecule is CN(C)c1ccc(C(=O)NNC(=O)Cn2ccc3ccccc32)cc1. The smallest absolute Gasteiger partial charge is 0.269 e. The van der Waals surface area contributed by atoms with Crippen LogP contribution in [0, 0.1) is 0 Å². The summed E-state index contributed by atoms with van der Waals surface area (Å²) >= 11 is 0. The van der Waals surface area contributed by atoms with E-state index in [-0.39, 0.29) is 18.4 Å². The summed E-state index contributed by atoms with van der Waals surface area (Å²) in [6.07, 6.45) is 1.85. The molecule has 0 fully saturated rings. The van der Waals surface area contributed by atoms with Crippen LogP contribution in [-0.2, 0) is 11.3 Å². The molecular formula is C19H20N4O2. The number of nitrogens with one attached hydrogen (secondary N) is 2. The number of hydrazine groups is 1. The number of amides is 2. The summed E-state index contributed by atoms with van der Waals surface area (Å²) in [5, 5.41) is 1.07. The van der Waals surface area contributed by atoms with E-state index in [0.717, 1.165) is 16.6 Å². The Hall–Kier alpha value is -3.28. The van der Waals surface area contributed by atoms with Gasteiger partial charge in [0, 0.05) is 37.1 Å². The van der Waals surface area contributed by atoms with Crippen molar-refractivity contribution in [3.05, 3.63) is 66.4 Å². The van der Waals surface area contributed by atoms with Crippen molar-refractivity contribution in [3.8, 4) is 0 Å². The van der Waals surface area contributed by atoms with E-state index in [1.165, 1.54) is 0 Å². The number of carbonyl (C=O) groups is 2. The van der Waals surface area contributed by atoms with Gasteiger partial charge in [0.15, 0.2) is 0 Å². The number of benzene rings is 2. The summed E-state index contributed by atoms with van der Waals surface area (Å²) in [7, 11) is 3.86. The average Bonchev–Trinajstić information content (AvgIpc) is 3.03. The molecule has 6 heteroatoms. The van der Waals surface area contributed by atoms with Gasteiger partial charge < -0.3 is 9.47 Å². The second-order valence-corrected chi connectivity index (χ2v) is 5.95. The van der Waals surface area contributed by atoms with Crippen LogP contribution in [0.1, 0.15) is 10.4 Å². The lowest BCUT2D eigenvalue weighted by Crippen LogP contribution is -2.43. The number of anilines is 1. The molecular weight excluding hydrogens is 316 g/mol. The summed E-state index contributed by atoms with van der Waals surface area (Å²) < 4.78 is 1.84. The molecule has 1 aromatic heterocycles. The topological polar surface area (TPSA) is 66.4 Å². The molecule has 0 atom stereocenters. The Bertz CT molecular complexity index is 897. The minimum absolute atomic E-state index is 0.132. The van der Waals surface area contributed by atoms with E-state index >= 15 is 0 Å². The number of aromatic nitrogens is 1. The fourth-order valence-electron chi connectivity index (χ4n) is 2.58. The van der Waals surface area contributed by atoms with E-state index in [4.69, 9.17) is 0 Å². The number of hydrogen-bond acceptors (Lipinski definition) is 3. The third-order valence-corrected chi connectivity index (χ3v) is 3.96. The van der Waals surface area contributed by atoms with Crippen molar-refractivity contribution in [1.82, 2.24) is 15.4 Å². The van der Waals surface area contributed by atoms with Gasteiger partial charge in [-0.25, -0.2) is 0 Å². The third-order valence-electron chi connectivity index (χ3n) is 3.96. The average molecular weight is 336 g/mol. The maximum atomic E-state index is 12.1. The zero-order valence-corrected chi connectivity index (χ0v) is 14.2. The number of carbonyl (C=O) groups excluding carboxylic acids is 2. The van der Waals surface area contributed by atoms with E-state index in [0.29, 0.717) is 5.56 Å². The van der Waals surface area contributed by atoms with Gasteiger partial charge in [0.1, 0.15) is 6.54 Å². The van der Waals surface area contributed by atoms with Crippen LogP contribution in [0.2, 0.25) is 0 Å². The van der Waals surface area contributed by atoms with E-state index in [9.17, 15) is 9.59 Å². The van der Waals surface area contributed by atoms with Gasteiger partial charge in [-0.2, -0.15) is 0 Å². The molecule has 0 aliphatic rings. The van der Waals surface area contributed by atoms with Crippen molar-refractivity contribution >= 4 is 28.4 Å². The largest absolute Gasteiger partial charge is 0.378 e.